The quantitative estimate of drug-likeness (QED) is 0.613. The van der Waals surface area contributed by atoms with E-state index in [1.54, 1.807) is 6.26 Å². The van der Waals surface area contributed by atoms with Crippen molar-refractivity contribution in [3.8, 4) is 0 Å². The van der Waals surface area contributed by atoms with E-state index in [-0.39, 0.29) is 5.91 Å². The third-order valence-electron chi connectivity index (χ3n) is 5.13. The Bertz CT molecular complexity index is 1150. The molecule has 0 saturated heterocycles. The summed E-state index contributed by atoms with van der Waals surface area (Å²) >= 11 is 0. The highest BCUT2D eigenvalue weighted by atomic mass is 32.2. The van der Waals surface area contributed by atoms with Gasteiger partial charge in [0.15, 0.2) is 0 Å². The molecule has 0 fully saturated rings. The predicted octanol–water partition coefficient (Wildman–Crippen LogP) is 5.07. The van der Waals surface area contributed by atoms with E-state index in [1.165, 1.54) is 0 Å². The van der Waals surface area contributed by atoms with Gasteiger partial charge < -0.3 is 5.32 Å². The lowest BCUT2D eigenvalue weighted by Crippen LogP contribution is -2.22. The number of hydrogen-bond donors (Lipinski definition) is 1. The fourth-order valence-electron chi connectivity index (χ4n) is 3.59. The first-order chi connectivity index (χ1) is 14.6. The maximum Gasteiger partial charge on any atom is 0.224 e. The van der Waals surface area contributed by atoms with Crippen LogP contribution in [-0.2, 0) is 22.1 Å². The van der Waals surface area contributed by atoms with Crippen LogP contribution in [0.25, 0.3) is 17.2 Å². The molecule has 0 radical (unpaired) electrons. The standard InChI is InChI=1S/C26H23NO2S/c1-30(29)23-13-11-19(12-14-23)15-21-16-22(25-10-6-5-9-24(21)25)17-26(28)27-18-20-7-3-2-4-8-20/h2-16H,17-18H2,1H3,(H,27,28). The number of carbonyl (C=O) groups excluding carboxylic acids is 1. The van der Waals surface area contributed by atoms with Gasteiger partial charge in [-0.05, 0) is 57.7 Å². The zero-order valence-electron chi connectivity index (χ0n) is 16.8. The van der Waals surface area contributed by atoms with Gasteiger partial charge in [0.1, 0.15) is 0 Å². The van der Waals surface area contributed by atoms with Crippen molar-refractivity contribution in [2.75, 3.05) is 6.26 Å². The Hall–Kier alpha value is -3.24. The number of fused-ring (bicyclic) bond motifs is 1. The molecule has 150 valence electrons. The normalized spacial score (nSPS) is 14.8. The van der Waals surface area contributed by atoms with Crippen LogP contribution in [0, 0.1) is 0 Å². The van der Waals surface area contributed by atoms with Crippen LogP contribution in [0.2, 0.25) is 0 Å². The molecule has 4 heteroatoms. The minimum Gasteiger partial charge on any atom is -0.352 e. The Labute approximate surface area is 179 Å². The molecule has 0 saturated carbocycles. The maximum atomic E-state index is 12.5. The molecule has 0 aromatic heterocycles. The molecular weight excluding hydrogens is 390 g/mol. The summed E-state index contributed by atoms with van der Waals surface area (Å²) in [6, 6.07) is 25.8. The fourth-order valence-corrected chi connectivity index (χ4v) is 4.11. The molecule has 3 aromatic rings. The van der Waals surface area contributed by atoms with Crippen LogP contribution in [0.4, 0.5) is 0 Å². The third-order valence-corrected chi connectivity index (χ3v) is 6.07. The van der Waals surface area contributed by atoms with E-state index in [2.05, 4.69) is 29.6 Å². The summed E-state index contributed by atoms with van der Waals surface area (Å²) < 4.78 is 11.6. The van der Waals surface area contributed by atoms with Gasteiger partial charge in [-0.3, -0.25) is 9.00 Å². The van der Waals surface area contributed by atoms with Gasteiger partial charge in [0.2, 0.25) is 5.91 Å². The summed E-state index contributed by atoms with van der Waals surface area (Å²) in [5.74, 6) is 0.0101. The second kappa shape index (κ2) is 9.06. The summed E-state index contributed by atoms with van der Waals surface area (Å²) in [5.41, 5.74) is 6.47. The molecule has 3 aromatic carbocycles. The topological polar surface area (TPSA) is 46.2 Å². The Morgan fingerprint density at radius 2 is 1.57 bits per heavy atom. The second-order valence-corrected chi connectivity index (χ2v) is 8.66. The predicted molar refractivity (Wildman–Crippen MR) is 124 cm³/mol. The number of hydrogen-bond acceptors (Lipinski definition) is 2. The molecule has 1 N–H and O–H groups in total. The Kier molecular flexibility index (Phi) is 6.05. The van der Waals surface area contributed by atoms with Gasteiger partial charge in [0.05, 0.1) is 6.42 Å². The van der Waals surface area contributed by atoms with Gasteiger partial charge >= 0.3 is 0 Å². The summed E-state index contributed by atoms with van der Waals surface area (Å²) in [7, 11) is -0.983. The molecule has 30 heavy (non-hydrogen) atoms. The molecule has 1 unspecified atom stereocenters. The molecule has 1 aliphatic carbocycles. The van der Waals surface area contributed by atoms with E-state index in [9.17, 15) is 9.00 Å². The van der Waals surface area contributed by atoms with E-state index in [0.717, 1.165) is 38.3 Å². The van der Waals surface area contributed by atoms with Gasteiger partial charge in [-0.15, -0.1) is 0 Å². The summed E-state index contributed by atoms with van der Waals surface area (Å²) in [5, 5.41) is 3.01. The lowest BCUT2D eigenvalue weighted by Gasteiger charge is -2.07. The monoisotopic (exact) mass is 413 g/mol. The first-order valence-corrected chi connectivity index (χ1v) is 11.4. The van der Waals surface area contributed by atoms with Crippen LogP contribution in [-0.4, -0.2) is 16.4 Å². The van der Waals surface area contributed by atoms with Crippen LogP contribution in [0.3, 0.4) is 0 Å². The minimum absolute atomic E-state index is 0.0101. The molecule has 0 spiro atoms. The average molecular weight is 414 g/mol. The van der Waals surface area contributed by atoms with Crippen LogP contribution in [0.5, 0.6) is 0 Å². The highest BCUT2D eigenvalue weighted by Gasteiger charge is 2.19. The van der Waals surface area contributed by atoms with Gasteiger partial charge in [-0.2, -0.15) is 0 Å². The van der Waals surface area contributed by atoms with Crippen molar-refractivity contribution < 1.29 is 9.00 Å². The number of amides is 1. The highest BCUT2D eigenvalue weighted by molar-refractivity contribution is 7.84. The van der Waals surface area contributed by atoms with E-state index >= 15 is 0 Å². The largest absolute Gasteiger partial charge is 0.352 e. The molecule has 1 atom stereocenters. The summed E-state index contributed by atoms with van der Waals surface area (Å²) in [4.78, 5) is 13.4. The van der Waals surface area contributed by atoms with Gasteiger partial charge in [0, 0.05) is 28.5 Å². The number of allylic oxidation sites excluding steroid dienone is 2. The van der Waals surface area contributed by atoms with Crippen LogP contribution in [0.1, 0.15) is 28.7 Å². The lowest BCUT2D eigenvalue weighted by atomic mass is 10.0. The van der Waals surface area contributed by atoms with Crippen LogP contribution < -0.4 is 5.32 Å². The molecule has 0 aliphatic heterocycles. The number of rotatable bonds is 6. The minimum atomic E-state index is -0.983. The summed E-state index contributed by atoms with van der Waals surface area (Å²) in [6.07, 6.45) is 6.22. The van der Waals surface area contributed by atoms with Crippen molar-refractivity contribution in [1.29, 1.82) is 0 Å². The fraction of sp³-hybridized carbons (Fsp3) is 0.115. The van der Waals surface area contributed by atoms with Crippen molar-refractivity contribution in [3.63, 3.8) is 0 Å². The molecule has 1 amide bonds. The average Bonchev–Trinajstić information content (AvgIpc) is 3.10. The van der Waals surface area contributed by atoms with Gasteiger partial charge in [-0.1, -0.05) is 66.7 Å². The van der Waals surface area contributed by atoms with Crippen molar-refractivity contribution in [2.45, 2.75) is 17.9 Å². The summed E-state index contributed by atoms with van der Waals surface area (Å²) in [6.45, 7) is 0.530. The zero-order valence-corrected chi connectivity index (χ0v) is 17.6. The smallest absolute Gasteiger partial charge is 0.224 e. The molecular formula is C26H23NO2S. The Balaban J connectivity index is 1.53. The van der Waals surface area contributed by atoms with E-state index < -0.39 is 10.8 Å². The first-order valence-electron chi connectivity index (χ1n) is 9.86. The SMILES string of the molecule is CS(=O)c1ccc(C=C2C=C(CC(=O)NCc3ccccc3)c3ccccc32)cc1. The molecule has 4 rings (SSSR count). The van der Waals surface area contributed by atoms with E-state index in [0.29, 0.717) is 13.0 Å². The molecule has 0 heterocycles. The van der Waals surface area contributed by atoms with Crippen LogP contribution >= 0.6 is 0 Å². The second-order valence-electron chi connectivity index (χ2n) is 7.28. The van der Waals surface area contributed by atoms with Crippen LogP contribution in [0.15, 0.2) is 89.8 Å². The number of nitrogens with one attached hydrogen (secondary N) is 1. The van der Waals surface area contributed by atoms with Gasteiger partial charge in [0.25, 0.3) is 0 Å². The Morgan fingerprint density at radius 3 is 2.27 bits per heavy atom. The van der Waals surface area contributed by atoms with Crippen molar-refractivity contribution >= 4 is 33.9 Å². The maximum absolute atomic E-state index is 12.5. The van der Waals surface area contributed by atoms with E-state index in [4.69, 9.17) is 0 Å². The van der Waals surface area contributed by atoms with Gasteiger partial charge in [-0.25, -0.2) is 0 Å². The number of benzene rings is 3. The number of carbonyl (C=O) groups is 1. The Morgan fingerprint density at radius 1 is 0.900 bits per heavy atom. The van der Waals surface area contributed by atoms with Crippen molar-refractivity contribution in [3.05, 3.63) is 107 Å². The first kappa shape index (κ1) is 20.0. The highest BCUT2D eigenvalue weighted by Crippen LogP contribution is 2.37. The lowest BCUT2D eigenvalue weighted by molar-refractivity contribution is -0.120. The zero-order chi connectivity index (χ0) is 20.9. The van der Waals surface area contributed by atoms with Crippen molar-refractivity contribution in [2.24, 2.45) is 0 Å². The molecule has 3 nitrogen and oxygen atoms in total. The third kappa shape index (κ3) is 4.66. The van der Waals surface area contributed by atoms with Crippen molar-refractivity contribution in [1.82, 2.24) is 5.32 Å². The molecule has 0 bridgehead atoms. The van der Waals surface area contributed by atoms with E-state index in [1.807, 2.05) is 66.7 Å². The molecule has 1 aliphatic rings.